The molecule has 1 aromatic carbocycles. The number of hydrogen-bond acceptors (Lipinski definition) is 3. The molecule has 110 valence electrons. The summed E-state index contributed by atoms with van der Waals surface area (Å²) in [7, 11) is 1.46. The second kappa shape index (κ2) is 5.92. The molecule has 1 aliphatic heterocycles. The summed E-state index contributed by atoms with van der Waals surface area (Å²) in [5.41, 5.74) is 0.624. The summed E-state index contributed by atoms with van der Waals surface area (Å²) in [6.07, 6.45) is 3.04. The first-order valence-electron chi connectivity index (χ1n) is 6.35. The van der Waals surface area contributed by atoms with Crippen LogP contribution in [0.25, 0.3) is 0 Å². The molecule has 0 radical (unpaired) electrons. The van der Waals surface area contributed by atoms with Crippen LogP contribution in [0, 0.1) is 6.92 Å². The normalized spacial score (nSPS) is 16.2. The van der Waals surface area contributed by atoms with Crippen molar-refractivity contribution in [3.05, 3.63) is 28.3 Å². The van der Waals surface area contributed by atoms with Crippen LogP contribution in [0.1, 0.15) is 35.2 Å². The summed E-state index contributed by atoms with van der Waals surface area (Å²) in [6, 6.07) is 2.81. The van der Waals surface area contributed by atoms with E-state index in [2.05, 4.69) is 0 Å². The third-order valence-corrected chi connectivity index (χ3v) is 5.29. The van der Waals surface area contributed by atoms with Gasteiger partial charge in [-0.1, -0.05) is 11.6 Å². The van der Waals surface area contributed by atoms with Gasteiger partial charge in [-0.25, -0.2) is 8.42 Å². The molecule has 1 amide bonds. The van der Waals surface area contributed by atoms with E-state index in [0.29, 0.717) is 18.7 Å². The molecule has 1 aromatic rings. The molecule has 7 heteroatoms. The number of likely N-dealkylation sites (tertiary alicyclic amines) is 1. The van der Waals surface area contributed by atoms with E-state index < -0.39 is 9.05 Å². The van der Waals surface area contributed by atoms with Crippen LogP contribution >= 0.6 is 22.3 Å². The van der Waals surface area contributed by atoms with Crippen LogP contribution in [-0.2, 0) is 9.05 Å². The van der Waals surface area contributed by atoms with E-state index in [1.54, 1.807) is 11.8 Å². The van der Waals surface area contributed by atoms with Crippen LogP contribution in [0.4, 0.5) is 0 Å². The zero-order chi connectivity index (χ0) is 14.9. The Bertz CT molecular complexity index is 637. The molecule has 1 saturated heterocycles. The van der Waals surface area contributed by atoms with Crippen LogP contribution < -0.4 is 0 Å². The zero-order valence-corrected chi connectivity index (χ0v) is 13.4. The minimum absolute atomic E-state index is 0.105. The molecule has 1 heterocycles. The van der Waals surface area contributed by atoms with Gasteiger partial charge in [-0.2, -0.15) is 0 Å². The third-order valence-electron chi connectivity index (χ3n) is 3.45. The lowest BCUT2D eigenvalue weighted by atomic mass is 10.1. The van der Waals surface area contributed by atoms with Crippen LogP contribution in [0.15, 0.2) is 17.0 Å². The fraction of sp³-hybridized carbons (Fsp3) is 0.462. The van der Waals surface area contributed by atoms with Gasteiger partial charge in [0.2, 0.25) is 0 Å². The molecule has 0 bridgehead atoms. The van der Waals surface area contributed by atoms with Crippen molar-refractivity contribution in [3.63, 3.8) is 0 Å². The number of nitrogens with zero attached hydrogens (tertiary/aromatic N) is 1. The van der Waals surface area contributed by atoms with E-state index in [9.17, 15) is 13.2 Å². The molecule has 0 N–H and O–H groups in total. The number of halogens is 2. The molecule has 2 rings (SSSR count). The Morgan fingerprint density at radius 2 is 1.80 bits per heavy atom. The van der Waals surface area contributed by atoms with Gasteiger partial charge in [0.1, 0.15) is 0 Å². The van der Waals surface area contributed by atoms with Gasteiger partial charge >= 0.3 is 0 Å². The molecule has 0 aliphatic carbocycles. The van der Waals surface area contributed by atoms with E-state index in [1.165, 1.54) is 12.1 Å². The van der Waals surface area contributed by atoms with Gasteiger partial charge in [-0.05, 0) is 43.9 Å². The first-order chi connectivity index (χ1) is 9.30. The van der Waals surface area contributed by atoms with E-state index in [4.69, 9.17) is 22.3 Å². The highest BCUT2D eigenvalue weighted by Crippen LogP contribution is 2.28. The summed E-state index contributed by atoms with van der Waals surface area (Å²) in [5, 5.41) is 0.229. The topological polar surface area (TPSA) is 54.5 Å². The Balaban J connectivity index is 2.42. The van der Waals surface area contributed by atoms with Crippen molar-refractivity contribution in [1.29, 1.82) is 0 Å². The fourth-order valence-corrected chi connectivity index (χ4v) is 3.81. The number of hydrogen-bond donors (Lipinski definition) is 0. The van der Waals surface area contributed by atoms with Crippen LogP contribution in [0.3, 0.4) is 0 Å². The first kappa shape index (κ1) is 15.6. The molecular formula is C13H15Cl2NO3S. The summed E-state index contributed by atoms with van der Waals surface area (Å²) >= 11 is 6.01. The quantitative estimate of drug-likeness (QED) is 0.780. The Kier molecular flexibility index (Phi) is 4.62. The molecule has 20 heavy (non-hydrogen) atoms. The molecule has 4 nitrogen and oxygen atoms in total. The van der Waals surface area contributed by atoms with Gasteiger partial charge in [0, 0.05) is 34.4 Å². The average molecular weight is 336 g/mol. The first-order valence-corrected chi connectivity index (χ1v) is 9.03. The highest BCUT2D eigenvalue weighted by Gasteiger charge is 2.23. The molecule has 1 fully saturated rings. The van der Waals surface area contributed by atoms with Crippen molar-refractivity contribution >= 4 is 37.2 Å². The van der Waals surface area contributed by atoms with Crippen molar-refractivity contribution in [2.45, 2.75) is 31.1 Å². The fourth-order valence-electron chi connectivity index (χ4n) is 2.31. The van der Waals surface area contributed by atoms with Gasteiger partial charge in [-0.3, -0.25) is 4.79 Å². The molecule has 0 atom stereocenters. The maximum Gasteiger partial charge on any atom is 0.261 e. The Hall–Kier alpha value is -0.780. The monoisotopic (exact) mass is 335 g/mol. The van der Waals surface area contributed by atoms with Gasteiger partial charge < -0.3 is 4.90 Å². The molecule has 0 saturated carbocycles. The number of amides is 1. The minimum atomic E-state index is -3.93. The minimum Gasteiger partial charge on any atom is -0.339 e. The van der Waals surface area contributed by atoms with Crippen molar-refractivity contribution in [1.82, 2.24) is 4.90 Å². The van der Waals surface area contributed by atoms with E-state index in [1.807, 2.05) is 0 Å². The zero-order valence-electron chi connectivity index (χ0n) is 11.0. The highest BCUT2D eigenvalue weighted by atomic mass is 35.7. The van der Waals surface area contributed by atoms with Gasteiger partial charge in [0.25, 0.3) is 15.0 Å². The lowest BCUT2D eigenvalue weighted by Crippen LogP contribution is -2.35. The third kappa shape index (κ3) is 3.27. The molecule has 0 unspecified atom stereocenters. The summed E-state index contributed by atoms with van der Waals surface area (Å²) in [6.45, 7) is 2.94. The largest absolute Gasteiger partial charge is 0.339 e. The highest BCUT2D eigenvalue weighted by molar-refractivity contribution is 8.13. The summed E-state index contributed by atoms with van der Waals surface area (Å²) < 4.78 is 23.1. The van der Waals surface area contributed by atoms with Crippen LogP contribution in [0.2, 0.25) is 5.02 Å². The van der Waals surface area contributed by atoms with Crippen molar-refractivity contribution in [3.8, 4) is 0 Å². The predicted molar refractivity (Wildman–Crippen MR) is 79.0 cm³/mol. The predicted octanol–water partition coefficient (Wildman–Crippen LogP) is 3.20. The summed E-state index contributed by atoms with van der Waals surface area (Å²) in [4.78, 5) is 14.0. The van der Waals surface area contributed by atoms with Crippen LogP contribution in [0.5, 0.6) is 0 Å². The van der Waals surface area contributed by atoms with Gasteiger partial charge in [0.05, 0.1) is 4.90 Å². The Labute approximate surface area is 128 Å². The smallest absolute Gasteiger partial charge is 0.261 e. The maximum atomic E-state index is 12.4. The Morgan fingerprint density at radius 3 is 2.35 bits per heavy atom. The summed E-state index contributed by atoms with van der Waals surface area (Å²) in [5.74, 6) is -0.201. The van der Waals surface area contributed by atoms with Crippen molar-refractivity contribution < 1.29 is 13.2 Å². The number of rotatable bonds is 2. The second-order valence-electron chi connectivity index (χ2n) is 4.87. The molecule has 0 aromatic heterocycles. The second-order valence-corrected chi connectivity index (χ2v) is 7.81. The lowest BCUT2D eigenvalue weighted by Gasteiger charge is -2.27. The van der Waals surface area contributed by atoms with E-state index >= 15 is 0 Å². The maximum absolute atomic E-state index is 12.4. The SMILES string of the molecule is Cc1c(Cl)cc(C(=O)N2CCCCC2)cc1S(=O)(=O)Cl. The van der Waals surface area contributed by atoms with E-state index in [0.717, 1.165) is 19.3 Å². The Morgan fingerprint density at radius 1 is 1.20 bits per heavy atom. The van der Waals surface area contributed by atoms with E-state index in [-0.39, 0.29) is 21.4 Å². The average Bonchev–Trinajstić information content (AvgIpc) is 2.40. The molecular weight excluding hydrogens is 321 g/mol. The van der Waals surface area contributed by atoms with Gasteiger partial charge in [0.15, 0.2) is 0 Å². The standard InChI is InChI=1S/C13H15Cl2NO3S/c1-9-11(14)7-10(8-12(9)20(15,18)19)13(17)16-5-3-2-4-6-16/h7-8H,2-6H2,1H3. The molecule has 0 spiro atoms. The number of carbonyl (C=O) groups is 1. The lowest BCUT2D eigenvalue weighted by molar-refractivity contribution is 0.0724. The van der Waals surface area contributed by atoms with Crippen LogP contribution in [-0.4, -0.2) is 32.3 Å². The number of carbonyl (C=O) groups excluding carboxylic acids is 1. The molecule has 1 aliphatic rings. The number of piperidine rings is 1. The number of benzene rings is 1. The van der Waals surface area contributed by atoms with Crippen molar-refractivity contribution in [2.24, 2.45) is 0 Å². The van der Waals surface area contributed by atoms with Crippen molar-refractivity contribution in [2.75, 3.05) is 13.1 Å². The van der Waals surface area contributed by atoms with Gasteiger partial charge in [-0.15, -0.1) is 0 Å².